The molecular formula is C18H26N2OS. The van der Waals surface area contributed by atoms with Crippen LogP contribution in [0.3, 0.4) is 0 Å². The fourth-order valence-corrected chi connectivity index (χ4v) is 3.12. The SMILES string of the molecule is CNCCC(Oc1ccccc1CCN(C)C)c1cccs1. The van der Waals surface area contributed by atoms with Gasteiger partial charge < -0.3 is 15.0 Å². The minimum Gasteiger partial charge on any atom is -0.485 e. The molecule has 0 aliphatic carbocycles. The molecule has 0 bridgehead atoms. The Morgan fingerprint density at radius 1 is 1.18 bits per heavy atom. The maximum atomic E-state index is 6.38. The quantitative estimate of drug-likeness (QED) is 0.765. The Balaban J connectivity index is 2.12. The van der Waals surface area contributed by atoms with Crippen molar-refractivity contribution < 1.29 is 4.74 Å². The van der Waals surface area contributed by atoms with E-state index in [0.717, 1.165) is 31.7 Å². The number of hydrogen-bond acceptors (Lipinski definition) is 4. The van der Waals surface area contributed by atoms with Gasteiger partial charge >= 0.3 is 0 Å². The van der Waals surface area contributed by atoms with Gasteiger partial charge in [0.1, 0.15) is 11.9 Å². The molecule has 1 unspecified atom stereocenters. The molecule has 1 aromatic carbocycles. The van der Waals surface area contributed by atoms with Gasteiger partial charge in [-0.05, 0) is 57.2 Å². The summed E-state index contributed by atoms with van der Waals surface area (Å²) < 4.78 is 6.38. The third-order valence-electron chi connectivity index (χ3n) is 3.59. The average Bonchev–Trinajstić information content (AvgIpc) is 3.04. The van der Waals surface area contributed by atoms with Crippen LogP contribution in [0.5, 0.6) is 5.75 Å². The average molecular weight is 318 g/mol. The summed E-state index contributed by atoms with van der Waals surface area (Å²) >= 11 is 1.76. The summed E-state index contributed by atoms with van der Waals surface area (Å²) in [5.41, 5.74) is 1.28. The van der Waals surface area contributed by atoms with Crippen LogP contribution in [-0.2, 0) is 6.42 Å². The Bertz CT molecular complexity index is 540. The normalized spacial score (nSPS) is 12.5. The highest BCUT2D eigenvalue weighted by molar-refractivity contribution is 7.10. The maximum Gasteiger partial charge on any atom is 0.134 e. The van der Waals surface area contributed by atoms with Gasteiger partial charge in [-0.25, -0.2) is 0 Å². The van der Waals surface area contributed by atoms with Gasteiger partial charge in [-0.1, -0.05) is 24.3 Å². The Kier molecular flexibility index (Phi) is 6.90. The molecule has 4 heteroatoms. The second-order valence-corrected chi connectivity index (χ2v) is 6.65. The van der Waals surface area contributed by atoms with Crippen LogP contribution in [0, 0.1) is 0 Å². The number of likely N-dealkylation sites (N-methyl/N-ethyl adjacent to an activating group) is 1. The summed E-state index contributed by atoms with van der Waals surface area (Å²) in [5.74, 6) is 1.01. The van der Waals surface area contributed by atoms with Crippen LogP contribution in [0.1, 0.15) is 23.0 Å². The van der Waals surface area contributed by atoms with E-state index in [1.165, 1.54) is 10.4 Å². The van der Waals surface area contributed by atoms with Crippen LogP contribution in [0.25, 0.3) is 0 Å². The zero-order valence-electron chi connectivity index (χ0n) is 13.7. The van der Waals surface area contributed by atoms with Crippen molar-refractivity contribution in [3.05, 3.63) is 52.2 Å². The van der Waals surface area contributed by atoms with E-state index in [4.69, 9.17) is 4.74 Å². The highest BCUT2D eigenvalue weighted by Gasteiger charge is 2.16. The van der Waals surface area contributed by atoms with Gasteiger partial charge in [-0.15, -0.1) is 11.3 Å². The van der Waals surface area contributed by atoms with Crippen molar-refractivity contribution in [1.82, 2.24) is 10.2 Å². The second kappa shape index (κ2) is 8.93. The number of para-hydroxylation sites is 1. The molecule has 0 saturated carbocycles. The van der Waals surface area contributed by atoms with Crippen molar-refractivity contribution in [3.63, 3.8) is 0 Å². The number of benzene rings is 1. The molecular weight excluding hydrogens is 292 g/mol. The molecule has 0 amide bonds. The Hall–Kier alpha value is -1.36. The Morgan fingerprint density at radius 3 is 2.68 bits per heavy atom. The zero-order valence-corrected chi connectivity index (χ0v) is 14.5. The molecule has 0 radical (unpaired) electrons. The van der Waals surface area contributed by atoms with Crippen LogP contribution in [0.15, 0.2) is 41.8 Å². The van der Waals surface area contributed by atoms with Gasteiger partial charge in [0.25, 0.3) is 0 Å². The Morgan fingerprint density at radius 2 is 2.00 bits per heavy atom. The van der Waals surface area contributed by atoms with Crippen molar-refractivity contribution in [2.24, 2.45) is 0 Å². The largest absolute Gasteiger partial charge is 0.485 e. The second-order valence-electron chi connectivity index (χ2n) is 5.68. The zero-order chi connectivity index (χ0) is 15.8. The van der Waals surface area contributed by atoms with E-state index in [2.05, 4.69) is 66.1 Å². The van der Waals surface area contributed by atoms with E-state index in [1.807, 2.05) is 7.05 Å². The lowest BCUT2D eigenvalue weighted by atomic mass is 10.1. The van der Waals surface area contributed by atoms with Gasteiger partial charge in [0.15, 0.2) is 0 Å². The standard InChI is InChI=1S/C18H26N2OS/c1-19-12-10-17(18-9-6-14-22-18)21-16-8-5-4-7-15(16)11-13-20(2)3/h4-9,14,17,19H,10-13H2,1-3H3. The molecule has 2 rings (SSSR count). The first-order chi connectivity index (χ1) is 10.7. The molecule has 1 heterocycles. The first-order valence-corrected chi connectivity index (χ1v) is 8.66. The minimum absolute atomic E-state index is 0.118. The van der Waals surface area contributed by atoms with Crippen LogP contribution in [0.4, 0.5) is 0 Å². The predicted octanol–water partition coefficient (Wildman–Crippen LogP) is 3.58. The molecule has 1 N–H and O–H groups in total. The summed E-state index contributed by atoms with van der Waals surface area (Å²) in [4.78, 5) is 3.49. The molecule has 3 nitrogen and oxygen atoms in total. The van der Waals surface area contributed by atoms with Crippen LogP contribution in [-0.4, -0.2) is 39.1 Å². The summed E-state index contributed by atoms with van der Waals surface area (Å²) in [6.45, 7) is 1.98. The molecule has 120 valence electrons. The maximum absolute atomic E-state index is 6.38. The lowest BCUT2D eigenvalue weighted by molar-refractivity contribution is 0.196. The summed E-state index contributed by atoms with van der Waals surface area (Å²) in [5, 5.41) is 5.33. The van der Waals surface area contributed by atoms with Crippen LogP contribution < -0.4 is 10.1 Å². The van der Waals surface area contributed by atoms with Gasteiger partial charge in [0.2, 0.25) is 0 Å². The summed E-state index contributed by atoms with van der Waals surface area (Å²) in [6.07, 6.45) is 2.10. The van der Waals surface area contributed by atoms with Crippen molar-refractivity contribution >= 4 is 11.3 Å². The predicted molar refractivity (Wildman–Crippen MR) is 94.9 cm³/mol. The highest BCUT2D eigenvalue weighted by Crippen LogP contribution is 2.30. The molecule has 0 spiro atoms. The number of rotatable bonds is 9. The first kappa shape index (κ1) is 17.0. The van der Waals surface area contributed by atoms with E-state index >= 15 is 0 Å². The van der Waals surface area contributed by atoms with Crippen molar-refractivity contribution in [1.29, 1.82) is 0 Å². The van der Waals surface area contributed by atoms with Crippen molar-refractivity contribution in [3.8, 4) is 5.75 Å². The molecule has 0 aliphatic rings. The van der Waals surface area contributed by atoms with Crippen molar-refractivity contribution in [2.45, 2.75) is 18.9 Å². The van der Waals surface area contributed by atoms with E-state index in [9.17, 15) is 0 Å². The van der Waals surface area contributed by atoms with Crippen LogP contribution >= 0.6 is 11.3 Å². The molecule has 22 heavy (non-hydrogen) atoms. The van der Waals surface area contributed by atoms with E-state index in [-0.39, 0.29) is 6.10 Å². The lowest BCUT2D eigenvalue weighted by Crippen LogP contribution is -2.17. The summed E-state index contributed by atoms with van der Waals surface area (Å²) in [7, 11) is 6.19. The van der Waals surface area contributed by atoms with Gasteiger partial charge in [0.05, 0.1) is 0 Å². The molecule has 0 fully saturated rings. The number of ether oxygens (including phenoxy) is 1. The molecule has 1 atom stereocenters. The third-order valence-corrected chi connectivity index (χ3v) is 4.55. The number of nitrogens with zero attached hydrogens (tertiary/aromatic N) is 1. The monoisotopic (exact) mass is 318 g/mol. The third kappa shape index (κ3) is 5.13. The van der Waals surface area contributed by atoms with E-state index in [0.29, 0.717) is 0 Å². The number of nitrogens with one attached hydrogen (secondary N) is 1. The summed E-state index contributed by atoms with van der Waals surface area (Å²) in [6, 6.07) is 12.7. The smallest absolute Gasteiger partial charge is 0.134 e. The number of hydrogen-bond donors (Lipinski definition) is 1. The van der Waals surface area contributed by atoms with Gasteiger partial charge in [-0.2, -0.15) is 0 Å². The van der Waals surface area contributed by atoms with Gasteiger partial charge in [-0.3, -0.25) is 0 Å². The van der Waals surface area contributed by atoms with E-state index < -0.39 is 0 Å². The minimum atomic E-state index is 0.118. The van der Waals surface area contributed by atoms with Crippen LogP contribution in [0.2, 0.25) is 0 Å². The van der Waals surface area contributed by atoms with Gasteiger partial charge in [0, 0.05) is 17.8 Å². The molecule has 2 aromatic rings. The fourth-order valence-electron chi connectivity index (χ4n) is 2.33. The van der Waals surface area contributed by atoms with Crippen molar-refractivity contribution in [2.75, 3.05) is 34.2 Å². The Labute approximate surface area is 137 Å². The molecule has 1 aromatic heterocycles. The first-order valence-electron chi connectivity index (χ1n) is 7.78. The topological polar surface area (TPSA) is 24.5 Å². The lowest BCUT2D eigenvalue weighted by Gasteiger charge is -2.21. The highest BCUT2D eigenvalue weighted by atomic mass is 32.1. The number of thiophene rings is 1. The van der Waals surface area contributed by atoms with E-state index in [1.54, 1.807) is 11.3 Å². The molecule has 0 saturated heterocycles. The molecule has 0 aliphatic heterocycles. The fraction of sp³-hybridized carbons (Fsp3) is 0.444.